The predicted octanol–water partition coefficient (Wildman–Crippen LogP) is 3.70. The van der Waals surface area contributed by atoms with Crippen molar-refractivity contribution in [2.75, 3.05) is 6.61 Å². The van der Waals surface area contributed by atoms with Crippen molar-refractivity contribution >= 4 is 23.2 Å². The zero-order valence-corrected chi connectivity index (χ0v) is 9.98. The molecule has 1 N–H and O–H groups in total. The van der Waals surface area contributed by atoms with Crippen LogP contribution in [0.3, 0.4) is 0 Å². The average Bonchev–Trinajstić information content (AvgIpc) is 2.14. The van der Waals surface area contributed by atoms with Gasteiger partial charge in [0.2, 0.25) is 0 Å². The van der Waals surface area contributed by atoms with Gasteiger partial charge in [-0.05, 0) is 42.4 Å². The van der Waals surface area contributed by atoms with Gasteiger partial charge >= 0.3 is 0 Å². The van der Waals surface area contributed by atoms with Crippen molar-refractivity contribution in [3.8, 4) is 0 Å². The van der Waals surface area contributed by atoms with Crippen LogP contribution in [0.2, 0.25) is 10.0 Å². The number of aliphatic hydroxyl groups is 1. The lowest BCUT2D eigenvalue weighted by Crippen LogP contribution is -2.35. The van der Waals surface area contributed by atoms with E-state index in [-0.39, 0.29) is 12.0 Å². The van der Waals surface area contributed by atoms with Crippen molar-refractivity contribution in [3.05, 3.63) is 33.8 Å². The highest BCUT2D eigenvalue weighted by molar-refractivity contribution is 6.35. The molecule has 0 bridgehead atoms. The summed E-state index contributed by atoms with van der Waals surface area (Å²) in [5.74, 6) is 0. The quantitative estimate of drug-likeness (QED) is 0.860. The Labute approximate surface area is 100 Å². The monoisotopic (exact) mass is 244 g/mol. The molecule has 0 heterocycles. The van der Waals surface area contributed by atoms with Crippen molar-refractivity contribution in [1.29, 1.82) is 0 Å². The fourth-order valence-corrected chi connectivity index (χ4v) is 2.61. The van der Waals surface area contributed by atoms with Crippen LogP contribution >= 0.6 is 23.2 Å². The molecule has 3 heteroatoms. The van der Waals surface area contributed by atoms with Crippen LogP contribution in [0.15, 0.2) is 18.2 Å². The molecule has 0 aliphatic heterocycles. The molecular formula is C12H14Cl2O. The molecule has 1 aliphatic carbocycles. The van der Waals surface area contributed by atoms with E-state index in [1.54, 1.807) is 6.07 Å². The minimum atomic E-state index is 0.0808. The molecule has 1 saturated carbocycles. The summed E-state index contributed by atoms with van der Waals surface area (Å²) >= 11 is 11.9. The van der Waals surface area contributed by atoms with Gasteiger partial charge in [0, 0.05) is 16.7 Å². The average molecular weight is 245 g/mol. The number of rotatable bonds is 3. The summed E-state index contributed by atoms with van der Waals surface area (Å²) in [6, 6.07) is 5.58. The molecule has 1 nitrogen and oxygen atoms in total. The maximum Gasteiger partial charge on any atom is 0.0490 e. The number of hydrogen-bond donors (Lipinski definition) is 1. The standard InChI is InChI=1S/C12H14Cl2O/c13-10-3-2-9(11(14)6-10)7-12(8-15)4-1-5-12/h2-3,6,15H,1,4-5,7-8H2. The third-order valence-electron chi connectivity index (χ3n) is 3.33. The molecule has 0 amide bonds. The molecule has 2 rings (SSSR count). The predicted molar refractivity (Wildman–Crippen MR) is 63.5 cm³/mol. The normalized spacial score (nSPS) is 18.6. The Hall–Kier alpha value is -0.240. The molecule has 0 spiro atoms. The molecule has 0 aromatic heterocycles. The van der Waals surface area contributed by atoms with Gasteiger partial charge in [-0.15, -0.1) is 0 Å². The first-order chi connectivity index (χ1) is 7.15. The third-order valence-corrected chi connectivity index (χ3v) is 3.92. The summed E-state index contributed by atoms with van der Waals surface area (Å²) in [6.07, 6.45) is 4.27. The summed E-state index contributed by atoms with van der Waals surface area (Å²) in [5.41, 5.74) is 1.17. The molecule has 0 saturated heterocycles. The Kier molecular flexibility index (Phi) is 3.24. The Bertz CT molecular complexity index is 353. The van der Waals surface area contributed by atoms with E-state index in [9.17, 15) is 5.11 Å². The van der Waals surface area contributed by atoms with Gasteiger partial charge in [0.25, 0.3) is 0 Å². The molecule has 0 atom stereocenters. The lowest BCUT2D eigenvalue weighted by Gasteiger charge is -2.40. The van der Waals surface area contributed by atoms with Crippen LogP contribution in [0.1, 0.15) is 24.8 Å². The van der Waals surface area contributed by atoms with Crippen LogP contribution in [0.25, 0.3) is 0 Å². The van der Waals surface area contributed by atoms with E-state index in [1.165, 1.54) is 6.42 Å². The Balaban J connectivity index is 2.16. The van der Waals surface area contributed by atoms with Crippen LogP contribution in [-0.4, -0.2) is 11.7 Å². The van der Waals surface area contributed by atoms with E-state index in [0.29, 0.717) is 10.0 Å². The minimum absolute atomic E-state index is 0.0808. The second-order valence-corrected chi connectivity index (χ2v) is 5.27. The lowest BCUT2D eigenvalue weighted by molar-refractivity contribution is 0.0450. The third kappa shape index (κ3) is 2.30. The number of halogens is 2. The summed E-state index contributed by atoms with van der Waals surface area (Å²) in [6.45, 7) is 0.256. The van der Waals surface area contributed by atoms with Crippen LogP contribution in [0.5, 0.6) is 0 Å². The highest BCUT2D eigenvalue weighted by Gasteiger charge is 2.36. The molecule has 0 unspecified atom stereocenters. The second-order valence-electron chi connectivity index (χ2n) is 4.42. The molecule has 82 valence electrons. The Morgan fingerprint density at radius 2 is 2.00 bits per heavy atom. The summed E-state index contributed by atoms with van der Waals surface area (Å²) in [5, 5.41) is 10.7. The highest BCUT2D eigenvalue weighted by Crippen LogP contribution is 2.44. The maximum atomic E-state index is 9.37. The van der Waals surface area contributed by atoms with E-state index in [2.05, 4.69) is 0 Å². The van der Waals surface area contributed by atoms with Crippen LogP contribution < -0.4 is 0 Å². The van der Waals surface area contributed by atoms with Crippen molar-refractivity contribution < 1.29 is 5.11 Å². The van der Waals surface area contributed by atoms with Gasteiger partial charge in [-0.3, -0.25) is 0 Å². The first-order valence-corrected chi connectivity index (χ1v) is 5.96. The largest absolute Gasteiger partial charge is 0.396 e. The van der Waals surface area contributed by atoms with Gasteiger partial charge in [0.15, 0.2) is 0 Å². The van der Waals surface area contributed by atoms with Gasteiger partial charge in [-0.2, -0.15) is 0 Å². The van der Waals surface area contributed by atoms with Crippen LogP contribution in [-0.2, 0) is 6.42 Å². The molecular weight excluding hydrogens is 231 g/mol. The zero-order chi connectivity index (χ0) is 10.9. The topological polar surface area (TPSA) is 20.2 Å². The summed E-state index contributed by atoms with van der Waals surface area (Å²) in [7, 11) is 0. The van der Waals surface area contributed by atoms with Crippen molar-refractivity contribution in [1.82, 2.24) is 0 Å². The second kappa shape index (κ2) is 4.32. The number of hydrogen-bond acceptors (Lipinski definition) is 1. The van der Waals surface area contributed by atoms with E-state index < -0.39 is 0 Å². The Morgan fingerprint density at radius 3 is 2.47 bits per heavy atom. The lowest BCUT2D eigenvalue weighted by atomic mass is 9.66. The highest BCUT2D eigenvalue weighted by atomic mass is 35.5. The van der Waals surface area contributed by atoms with Gasteiger partial charge in [0.05, 0.1) is 0 Å². The molecule has 15 heavy (non-hydrogen) atoms. The molecule has 1 aliphatic rings. The van der Waals surface area contributed by atoms with E-state index >= 15 is 0 Å². The van der Waals surface area contributed by atoms with Gasteiger partial charge in [-0.1, -0.05) is 35.7 Å². The van der Waals surface area contributed by atoms with Gasteiger partial charge in [-0.25, -0.2) is 0 Å². The van der Waals surface area contributed by atoms with Crippen molar-refractivity contribution in [2.24, 2.45) is 5.41 Å². The van der Waals surface area contributed by atoms with E-state index in [4.69, 9.17) is 23.2 Å². The first-order valence-electron chi connectivity index (χ1n) is 5.20. The molecule has 0 radical (unpaired) electrons. The van der Waals surface area contributed by atoms with Crippen molar-refractivity contribution in [2.45, 2.75) is 25.7 Å². The maximum absolute atomic E-state index is 9.37. The fraction of sp³-hybridized carbons (Fsp3) is 0.500. The number of benzene rings is 1. The SMILES string of the molecule is OCC1(Cc2ccc(Cl)cc2Cl)CCC1. The molecule has 1 aromatic rings. The van der Waals surface area contributed by atoms with E-state index in [1.807, 2.05) is 12.1 Å². The molecule has 1 aromatic carbocycles. The van der Waals surface area contributed by atoms with Gasteiger partial charge < -0.3 is 5.11 Å². The minimum Gasteiger partial charge on any atom is -0.396 e. The fourth-order valence-electron chi connectivity index (χ4n) is 2.14. The number of aliphatic hydroxyl groups excluding tert-OH is 1. The van der Waals surface area contributed by atoms with Crippen LogP contribution in [0.4, 0.5) is 0 Å². The smallest absolute Gasteiger partial charge is 0.0490 e. The summed E-state index contributed by atoms with van der Waals surface area (Å²) < 4.78 is 0. The van der Waals surface area contributed by atoms with Gasteiger partial charge in [0.1, 0.15) is 0 Å². The first kappa shape index (κ1) is 11.3. The molecule has 1 fully saturated rings. The van der Waals surface area contributed by atoms with Crippen molar-refractivity contribution in [3.63, 3.8) is 0 Å². The van der Waals surface area contributed by atoms with Crippen LogP contribution in [0, 0.1) is 5.41 Å². The Morgan fingerprint density at radius 1 is 1.27 bits per heavy atom. The van der Waals surface area contributed by atoms with E-state index in [0.717, 1.165) is 24.8 Å². The summed E-state index contributed by atoms with van der Waals surface area (Å²) in [4.78, 5) is 0. The zero-order valence-electron chi connectivity index (χ0n) is 8.47.